The first-order valence-electron chi connectivity index (χ1n) is 6.34. The van der Waals surface area contributed by atoms with Crippen LogP contribution in [-0.4, -0.2) is 30.2 Å². The maximum atomic E-state index is 5.44. The van der Waals surface area contributed by atoms with Crippen molar-refractivity contribution >= 4 is 21.9 Å². The summed E-state index contributed by atoms with van der Waals surface area (Å²) in [5.74, 6) is 1.42. The van der Waals surface area contributed by atoms with Gasteiger partial charge < -0.3 is 15.8 Å². The van der Waals surface area contributed by atoms with Crippen LogP contribution in [0.4, 0.5) is 5.95 Å². The number of nitrogens with zero attached hydrogens (tertiary/aromatic N) is 2. The highest BCUT2D eigenvalue weighted by Crippen LogP contribution is 2.30. The molecule has 6 heteroatoms. The Kier molecular flexibility index (Phi) is 5.31. The van der Waals surface area contributed by atoms with E-state index in [0.717, 1.165) is 34.3 Å². The first-order valence-corrected chi connectivity index (χ1v) is 7.14. The molecule has 3 N–H and O–H groups in total. The smallest absolute Gasteiger partial charge is 0.222 e. The molecule has 0 unspecified atom stereocenters. The zero-order valence-corrected chi connectivity index (χ0v) is 12.9. The van der Waals surface area contributed by atoms with E-state index in [4.69, 9.17) is 10.5 Å². The maximum Gasteiger partial charge on any atom is 0.222 e. The van der Waals surface area contributed by atoms with Crippen LogP contribution in [-0.2, 0) is 0 Å². The highest BCUT2D eigenvalue weighted by molar-refractivity contribution is 9.10. The molecule has 1 aromatic heterocycles. The minimum absolute atomic E-state index is 0.620. The van der Waals surface area contributed by atoms with Crippen LogP contribution in [0, 0.1) is 0 Å². The molecule has 106 valence electrons. The van der Waals surface area contributed by atoms with Crippen molar-refractivity contribution < 1.29 is 4.74 Å². The fourth-order valence-corrected chi connectivity index (χ4v) is 2.26. The number of hydrogen-bond donors (Lipinski definition) is 2. The number of methoxy groups -OCH3 is 1. The van der Waals surface area contributed by atoms with E-state index in [0.29, 0.717) is 12.5 Å². The van der Waals surface area contributed by atoms with Crippen LogP contribution < -0.4 is 15.8 Å². The number of aromatic nitrogens is 2. The molecule has 0 amide bonds. The second kappa shape index (κ2) is 7.21. The molecule has 0 aliphatic heterocycles. The van der Waals surface area contributed by atoms with Crippen LogP contribution in [0.1, 0.15) is 6.42 Å². The molecule has 1 aromatic carbocycles. The molecule has 0 spiro atoms. The summed E-state index contributed by atoms with van der Waals surface area (Å²) in [6, 6.07) is 5.87. The first kappa shape index (κ1) is 14.7. The first-order chi connectivity index (χ1) is 9.74. The van der Waals surface area contributed by atoms with Gasteiger partial charge in [-0.15, -0.1) is 0 Å². The van der Waals surface area contributed by atoms with E-state index in [1.807, 2.05) is 18.2 Å². The van der Waals surface area contributed by atoms with Gasteiger partial charge in [-0.3, -0.25) is 0 Å². The molecule has 2 aromatic rings. The molecule has 0 aliphatic rings. The van der Waals surface area contributed by atoms with E-state index in [-0.39, 0.29) is 0 Å². The van der Waals surface area contributed by atoms with Gasteiger partial charge >= 0.3 is 0 Å². The summed E-state index contributed by atoms with van der Waals surface area (Å²) in [7, 11) is 1.64. The van der Waals surface area contributed by atoms with Gasteiger partial charge in [-0.1, -0.05) is 6.07 Å². The number of halogens is 1. The topological polar surface area (TPSA) is 73.1 Å². The molecule has 0 atom stereocenters. The van der Waals surface area contributed by atoms with Crippen molar-refractivity contribution in [1.82, 2.24) is 9.97 Å². The van der Waals surface area contributed by atoms with Gasteiger partial charge in [0.25, 0.3) is 0 Å². The summed E-state index contributed by atoms with van der Waals surface area (Å²) < 4.78 is 6.12. The number of rotatable bonds is 6. The average Bonchev–Trinajstić information content (AvgIpc) is 2.48. The van der Waals surface area contributed by atoms with E-state index < -0.39 is 0 Å². The summed E-state index contributed by atoms with van der Waals surface area (Å²) in [5.41, 5.74) is 7.42. The predicted molar refractivity (Wildman–Crippen MR) is 83.9 cm³/mol. The monoisotopic (exact) mass is 336 g/mol. The van der Waals surface area contributed by atoms with E-state index in [2.05, 4.69) is 31.2 Å². The van der Waals surface area contributed by atoms with Gasteiger partial charge in [0.15, 0.2) is 0 Å². The van der Waals surface area contributed by atoms with Gasteiger partial charge in [0.05, 0.1) is 11.6 Å². The number of hydrogen-bond acceptors (Lipinski definition) is 5. The van der Waals surface area contributed by atoms with Crippen molar-refractivity contribution in [2.45, 2.75) is 6.42 Å². The summed E-state index contributed by atoms with van der Waals surface area (Å²) in [6.07, 6.45) is 4.49. The number of nitrogens with two attached hydrogens (primary N) is 1. The average molecular weight is 337 g/mol. The van der Waals surface area contributed by atoms with Gasteiger partial charge in [-0.25, -0.2) is 9.97 Å². The molecule has 0 radical (unpaired) electrons. The Morgan fingerprint density at radius 3 is 2.60 bits per heavy atom. The third-order valence-corrected chi connectivity index (χ3v) is 3.42. The number of benzene rings is 1. The Morgan fingerprint density at radius 1 is 1.25 bits per heavy atom. The van der Waals surface area contributed by atoms with Crippen LogP contribution >= 0.6 is 15.9 Å². The second-order valence-electron chi connectivity index (χ2n) is 4.21. The standard InChI is InChI=1S/C14H17BrN4O/c1-20-13-4-3-10(7-12(13)15)11-8-18-14(19-9-11)17-6-2-5-16/h3-4,7-9H,2,5-6,16H2,1H3,(H,17,18,19). The van der Waals surface area contributed by atoms with E-state index in [9.17, 15) is 0 Å². The highest BCUT2D eigenvalue weighted by atomic mass is 79.9. The van der Waals surface area contributed by atoms with Crippen LogP contribution in [0.3, 0.4) is 0 Å². The van der Waals surface area contributed by atoms with Gasteiger partial charge in [-0.05, 0) is 46.6 Å². The molecule has 5 nitrogen and oxygen atoms in total. The Balaban J connectivity index is 2.11. The zero-order valence-electron chi connectivity index (χ0n) is 11.3. The summed E-state index contributed by atoms with van der Waals surface area (Å²) in [4.78, 5) is 8.58. The fourth-order valence-electron chi connectivity index (χ4n) is 1.72. The van der Waals surface area contributed by atoms with Crippen LogP contribution in [0.25, 0.3) is 11.1 Å². The molecule has 2 rings (SSSR count). The van der Waals surface area contributed by atoms with Gasteiger partial charge in [0.2, 0.25) is 5.95 Å². The number of nitrogens with one attached hydrogen (secondary N) is 1. The van der Waals surface area contributed by atoms with Crippen molar-refractivity contribution in [3.63, 3.8) is 0 Å². The lowest BCUT2D eigenvalue weighted by Gasteiger charge is -2.07. The summed E-state index contributed by atoms with van der Waals surface area (Å²) in [5, 5.41) is 3.12. The summed E-state index contributed by atoms with van der Waals surface area (Å²) in [6.45, 7) is 1.44. The zero-order chi connectivity index (χ0) is 14.4. The van der Waals surface area contributed by atoms with Gasteiger partial charge in [0, 0.05) is 24.5 Å². The lowest BCUT2D eigenvalue weighted by molar-refractivity contribution is 0.412. The minimum Gasteiger partial charge on any atom is -0.496 e. The third-order valence-electron chi connectivity index (χ3n) is 2.80. The quantitative estimate of drug-likeness (QED) is 0.793. The van der Waals surface area contributed by atoms with Gasteiger partial charge in [-0.2, -0.15) is 0 Å². The van der Waals surface area contributed by atoms with Crippen LogP contribution in [0.15, 0.2) is 35.1 Å². The molecule has 0 aliphatic carbocycles. The predicted octanol–water partition coefficient (Wildman–Crippen LogP) is 2.68. The number of ether oxygens (including phenoxy) is 1. The fraction of sp³-hybridized carbons (Fsp3) is 0.286. The Morgan fingerprint density at radius 2 is 2.00 bits per heavy atom. The van der Waals surface area contributed by atoms with E-state index >= 15 is 0 Å². The maximum absolute atomic E-state index is 5.44. The molecule has 0 bridgehead atoms. The number of anilines is 1. The van der Waals surface area contributed by atoms with Crippen LogP contribution in [0.5, 0.6) is 5.75 Å². The molecule has 0 saturated carbocycles. The molecule has 20 heavy (non-hydrogen) atoms. The lowest BCUT2D eigenvalue weighted by atomic mass is 10.1. The second-order valence-corrected chi connectivity index (χ2v) is 5.07. The third kappa shape index (κ3) is 3.68. The van der Waals surface area contributed by atoms with E-state index in [1.165, 1.54) is 0 Å². The van der Waals surface area contributed by atoms with Crippen molar-refractivity contribution in [2.75, 3.05) is 25.5 Å². The van der Waals surface area contributed by atoms with Gasteiger partial charge in [0.1, 0.15) is 5.75 Å². The Bertz CT molecular complexity index is 560. The largest absolute Gasteiger partial charge is 0.496 e. The van der Waals surface area contributed by atoms with Crippen molar-refractivity contribution in [3.8, 4) is 16.9 Å². The van der Waals surface area contributed by atoms with E-state index in [1.54, 1.807) is 19.5 Å². The molecule has 0 saturated heterocycles. The van der Waals surface area contributed by atoms with Crippen LogP contribution in [0.2, 0.25) is 0 Å². The normalized spacial score (nSPS) is 10.3. The molecule has 0 fully saturated rings. The molecular weight excluding hydrogens is 320 g/mol. The summed E-state index contributed by atoms with van der Waals surface area (Å²) >= 11 is 3.47. The SMILES string of the molecule is COc1ccc(-c2cnc(NCCCN)nc2)cc1Br. The Hall–Kier alpha value is -1.66. The highest BCUT2D eigenvalue weighted by Gasteiger charge is 2.04. The molecule has 1 heterocycles. The van der Waals surface area contributed by atoms with Crippen molar-refractivity contribution in [3.05, 3.63) is 35.1 Å². The molecular formula is C14H17BrN4O. The van der Waals surface area contributed by atoms with Crippen molar-refractivity contribution in [1.29, 1.82) is 0 Å². The lowest BCUT2D eigenvalue weighted by Crippen LogP contribution is -2.10. The minimum atomic E-state index is 0.620. The van der Waals surface area contributed by atoms with Crippen molar-refractivity contribution in [2.24, 2.45) is 5.73 Å². The Labute approximate surface area is 126 Å².